The molecule has 2 nitrogen and oxygen atoms in total. The van der Waals surface area contributed by atoms with Crippen LogP contribution in [0.3, 0.4) is 0 Å². The van der Waals surface area contributed by atoms with Gasteiger partial charge >= 0.3 is 0 Å². The second-order valence-electron chi connectivity index (χ2n) is 3.53. The largest absolute Gasteiger partial charge is 0.372 e. The normalized spacial score (nSPS) is 12.9. The molecule has 0 amide bonds. The van der Waals surface area contributed by atoms with Crippen LogP contribution >= 0.6 is 0 Å². The molecule has 0 saturated carbocycles. The van der Waals surface area contributed by atoms with E-state index in [-0.39, 0.29) is 6.10 Å². The topological polar surface area (TPSA) is 22.1 Å². The van der Waals surface area contributed by atoms with Crippen LogP contribution in [0, 0.1) is 0 Å². The van der Waals surface area contributed by atoms with Gasteiger partial charge < -0.3 is 4.74 Å². The second kappa shape index (κ2) is 4.41. The SMILES string of the molecule is CCOC(C)c1ccc2ccccc2n1. The van der Waals surface area contributed by atoms with Gasteiger partial charge in [-0.2, -0.15) is 0 Å². The maximum absolute atomic E-state index is 5.51. The van der Waals surface area contributed by atoms with Gasteiger partial charge in [0.1, 0.15) is 0 Å². The molecule has 1 aromatic carbocycles. The Balaban J connectivity index is 2.38. The van der Waals surface area contributed by atoms with Crippen LogP contribution in [-0.4, -0.2) is 11.6 Å². The van der Waals surface area contributed by atoms with Crippen molar-refractivity contribution >= 4 is 10.9 Å². The van der Waals surface area contributed by atoms with Crippen LogP contribution < -0.4 is 0 Å². The maximum atomic E-state index is 5.51. The van der Waals surface area contributed by atoms with Crippen molar-refractivity contribution in [3.63, 3.8) is 0 Å². The van der Waals surface area contributed by atoms with Gasteiger partial charge in [0.15, 0.2) is 0 Å². The number of fused-ring (bicyclic) bond motifs is 1. The molecular weight excluding hydrogens is 186 g/mol. The van der Waals surface area contributed by atoms with Crippen molar-refractivity contribution in [2.45, 2.75) is 20.0 Å². The number of para-hydroxylation sites is 1. The van der Waals surface area contributed by atoms with Crippen molar-refractivity contribution in [2.24, 2.45) is 0 Å². The van der Waals surface area contributed by atoms with Gasteiger partial charge in [-0.25, -0.2) is 0 Å². The number of hydrogen-bond acceptors (Lipinski definition) is 2. The summed E-state index contributed by atoms with van der Waals surface area (Å²) in [6.07, 6.45) is 0.0691. The zero-order chi connectivity index (χ0) is 10.7. The summed E-state index contributed by atoms with van der Waals surface area (Å²) in [5, 5.41) is 1.17. The standard InChI is InChI=1S/C13H15NO/c1-3-15-10(2)12-9-8-11-6-4-5-7-13(11)14-12/h4-10H,3H2,1-2H3. The van der Waals surface area contributed by atoms with Crippen molar-refractivity contribution in [1.29, 1.82) is 0 Å². The molecule has 2 heteroatoms. The Kier molecular flexibility index (Phi) is 2.97. The van der Waals surface area contributed by atoms with Gasteiger partial charge in [-0.3, -0.25) is 4.98 Å². The first-order valence-electron chi connectivity index (χ1n) is 5.28. The smallest absolute Gasteiger partial charge is 0.0966 e. The molecule has 0 aliphatic rings. The summed E-state index contributed by atoms with van der Waals surface area (Å²) in [5.41, 5.74) is 2.03. The van der Waals surface area contributed by atoms with Crippen LogP contribution in [0.25, 0.3) is 10.9 Å². The van der Waals surface area contributed by atoms with Crippen molar-refractivity contribution in [2.75, 3.05) is 6.61 Å². The average molecular weight is 201 g/mol. The molecule has 78 valence electrons. The van der Waals surface area contributed by atoms with E-state index in [0.29, 0.717) is 0 Å². The van der Waals surface area contributed by atoms with Gasteiger partial charge in [-0.1, -0.05) is 24.3 Å². The van der Waals surface area contributed by atoms with E-state index in [4.69, 9.17) is 4.74 Å². The fraction of sp³-hybridized carbons (Fsp3) is 0.308. The van der Waals surface area contributed by atoms with Gasteiger partial charge in [0.05, 0.1) is 17.3 Å². The van der Waals surface area contributed by atoms with Crippen molar-refractivity contribution in [3.8, 4) is 0 Å². The summed E-state index contributed by atoms with van der Waals surface area (Å²) in [7, 11) is 0. The first-order valence-corrected chi connectivity index (χ1v) is 5.28. The number of aromatic nitrogens is 1. The van der Waals surface area contributed by atoms with E-state index in [2.05, 4.69) is 17.1 Å². The Bertz CT molecular complexity index is 453. The molecule has 2 rings (SSSR count). The maximum Gasteiger partial charge on any atom is 0.0966 e. The van der Waals surface area contributed by atoms with Crippen molar-refractivity contribution < 1.29 is 4.74 Å². The number of nitrogens with zero attached hydrogens (tertiary/aromatic N) is 1. The predicted octanol–water partition coefficient (Wildman–Crippen LogP) is 3.33. The molecule has 0 radical (unpaired) electrons. The van der Waals surface area contributed by atoms with Crippen molar-refractivity contribution in [1.82, 2.24) is 4.98 Å². The van der Waals surface area contributed by atoms with Crippen LogP contribution in [0.4, 0.5) is 0 Å². The van der Waals surface area contributed by atoms with Gasteiger partial charge in [0.25, 0.3) is 0 Å². The predicted molar refractivity (Wildman–Crippen MR) is 61.8 cm³/mol. The summed E-state index contributed by atoms with van der Waals surface area (Å²) in [5.74, 6) is 0. The second-order valence-corrected chi connectivity index (χ2v) is 3.53. The Morgan fingerprint density at radius 3 is 2.80 bits per heavy atom. The highest BCUT2D eigenvalue weighted by molar-refractivity contribution is 5.78. The summed E-state index contributed by atoms with van der Waals surface area (Å²) in [4.78, 5) is 4.57. The number of benzene rings is 1. The molecule has 0 N–H and O–H groups in total. The summed E-state index contributed by atoms with van der Waals surface area (Å²) in [6, 6.07) is 12.2. The molecule has 0 saturated heterocycles. The van der Waals surface area contributed by atoms with E-state index >= 15 is 0 Å². The van der Waals surface area contributed by atoms with E-state index in [0.717, 1.165) is 17.8 Å². The third kappa shape index (κ3) is 2.16. The first kappa shape index (κ1) is 10.1. The van der Waals surface area contributed by atoms with E-state index in [1.165, 1.54) is 5.39 Å². The molecular formula is C13H15NO. The highest BCUT2D eigenvalue weighted by Crippen LogP contribution is 2.18. The molecule has 2 aromatic rings. The molecule has 15 heavy (non-hydrogen) atoms. The first-order chi connectivity index (χ1) is 7.31. The lowest BCUT2D eigenvalue weighted by Gasteiger charge is -2.11. The third-order valence-corrected chi connectivity index (χ3v) is 2.45. The lowest BCUT2D eigenvalue weighted by Crippen LogP contribution is -2.01. The molecule has 0 bridgehead atoms. The van der Waals surface area contributed by atoms with Gasteiger partial charge in [-0.05, 0) is 26.0 Å². The van der Waals surface area contributed by atoms with E-state index < -0.39 is 0 Å². The minimum absolute atomic E-state index is 0.0691. The molecule has 1 unspecified atom stereocenters. The molecule has 0 fully saturated rings. The van der Waals surface area contributed by atoms with Gasteiger partial charge in [0, 0.05) is 12.0 Å². The molecule has 1 heterocycles. The lowest BCUT2D eigenvalue weighted by molar-refractivity contribution is 0.0736. The van der Waals surface area contributed by atoms with E-state index in [1.807, 2.05) is 38.1 Å². The molecule has 0 aliphatic heterocycles. The molecule has 0 spiro atoms. The number of rotatable bonds is 3. The quantitative estimate of drug-likeness (QED) is 0.759. The van der Waals surface area contributed by atoms with E-state index in [9.17, 15) is 0 Å². The average Bonchev–Trinajstić information content (AvgIpc) is 2.29. The minimum Gasteiger partial charge on any atom is -0.372 e. The lowest BCUT2D eigenvalue weighted by atomic mass is 10.1. The number of ether oxygens (including phenoxy) is 1. The van der Waals surface area contributed by atoms with Crippen LogP contribution in [0.1, 0.15) is 25.6 Å². The molecule has 0 aliphatic carbocycles. The zero-order valence-corrected chi connectivity index (χ0v) is 9.10. The van der Waals surface area contributed by atoms with Gasteiger partial charge in [-0.15, -0.1) is 0 Å². The Labute approximate surface area is 89.9 Å². The van der Waals surface area contributed by atoms with Crippen LogP contribution in [0.2, 0.25) is 0 Å². The Morgan fingerprint density at radius 2 is 2.00 bits per heavy atom. The Morgan fingerprint density at radius 1 is 1.20 bits per heavy atom. The van der Waals surface area contributed by atoms with E-state index in [1.54, 1.807) is 0 Å². The molecule has 1 atom stereocenters. The summed E-state index contributed by atoms with van der Waals surface area (Å²) in [6.45, 7) is 4.74. The zero-order valence-electron chi connectivity index (χ0n) is 9.10. The highest BCUT2D eigenvalue weighted by Gasteiger charge is 2.06. The fourth-order valence-corrected chi connectivity index (χ4v) is 1.64. The summed E-state index contributed by atoms with van der Waals surface area (Å²) < 4.78 is 5.51. The Hall–Kier alpha value is -1.41. The highest BCUT2D eigenvalue weighted by atomic mass is 16.5. The number of hydrogen-bond donors (Lipinski definition) is 0. The van der Waals surface area contributed by atoms with Crippen LogP contribution in [-0.2, 0) is 4.74 Å². The monoisotopic (exact) mass is 201 g/mol. The van der Waals surface area contributed by atoms with Crippen LogP contribution in [0.5, 0.6) is 0 Å². The minimum atomic E-state index is 0.0691. The van der Waals surface area contributed by atoms with Crippen LogP contribution in [0.15, 0.2) is 36.4 Å². The van der Waals surface area contributed by atoms with Crippen molar-refractivity contribution in [3.05, 3.63) is 42.1 Å². The third-order valence-electron chi connectivity index (χ3n) is 2.45. The summed E-state index contributed by atoms with van der Waals surface area (Å²) >= 11 is 0. The fourth-order valence-electron chi connectivity index (χ4n) is 1.64. The number of pyridine rings is 1. The van der Waals surface area contributed by atoms with Gasteiger partial charge in [0.2, 0.25) is 0 Å². The molecule has 1 aromatic heterocycles.